The Morgan fingerprint density at radius 3 is 2.70 bits per heavy atom. The molecule has 0 bridgehead atoms. The van der Waals surface area contributed by atoms with Gasteiger partial charge in [-0.25, -0.2) is 4.68 Å². The zero-order valence-corrected chi connectivity index (χ0v) is 13.9. The highest BCUT2D eigenvalue weighted by molar-refractivity contribution is 5.93. The van der Waals surface area contributed by atoms with Crippen molar-refractivity contribution in [3.63, 3.8) is 0 Å². The summed E-state index contributed by atoms with van der Waals surface area (Å²) >= 11 is 0. The van der Waals surface area contributed by atoms with Gasteiger partial charge in [0.2, 0.25) is 0 Å². The maximum absolute atomic E-state index is 12.1. The molecule has 1 aliphatic heterocycles. The molecular formula is C14H19Cl2N5O2. The standard InChI is InChI=1S/C14H17N5O2.2ClH/c15-9-11-1-2-12(21-11)14(20)17-13-5-8-19(18-13)10-3-6-16-7-4-10;;/h3-8,11-12H,1-2,9,15H2,(H,17,18,20);2*1H/t11-,12+;;/m1../s1. The van der Waals surface area contributed by atoms with Gasteiger partial charge >= 0.3 is 0 Å². The predicted molar refractivity (Wildman–Crippen MR) is 91.4 cm³/mol. The van der Waals surface area contributed by atoms with Crippen molar-refractivity contribution in [2.45, 2.75) is 25.0 Å². The molecule has 1 amide bonds. The highest BCUT2D eigenvalue weighted by Crippen LogP contribution is 2.20. The van der Waals surface area contributed by atoms with Crippen LogP contribution in [-0.2, 0) is 9.53 Å². The van der Waals surface area contributed by atoms with Crippen LogP contribution in [0, 0.1) is 0 Å². The summed E-state index contributed by atoms with van der Waals surface area (Å²) in [5, 5.41) is 7.07. The highest BCUT2D eigenvalue weighted by Gasteiger charge is 2.30. The topological polar surface area (TPSA) is 95.1 Å². The second kappa shape index (κ2) is 8.83. The van der Waals surface area contributed by atoms with Gasteiger partial charge in [0, 0.05) is 31.2 Å². The molecule has 3 rings (SSSR count). The lowest BCUT2D eigenvalue weighted by Gasteiger charge is -2.11. The first-order chi connectivity index (χ1) is 10.3. The van der Waals surface area contributed by atoms with Crippen molar-refractivity contribution in [3.05, 3.63) is 36.8 Å². The second-order valence-electron chi connectivity index (χ2n) is 4.90. The molecule has 3 heterocycles. The van der Waals surface area contributed by atoms with Crippen LogP contribution in [0.4, 0.5) is 5.82 Å². The van der Waals surface area contributed by atoms with E-state index in [1.807, 2.05) is 12.1 Å². The summed E-state index contributed by atoms with van der Waals surface area (Å²) in [6.07, 6.45) is 6.21. The van der Waals surface area contributed by atoms with Gasteiger partial charge in [0.05, 0.1) is 11.8 Å². The van der Waals surface area contributed by atoms with Crippen LogP contribution >= 0.6 is 24.8 Å². The number of nitrogens with zero attached hydrogens (tertiary/aromatic N) is 3. The SMILES string of the molecule is Cl.Cl.NC[C@H]1CC[C@@H](C(=O)Nc2ccn(-c3ccncc3)n2)O1. The average Bonchev–Trinajstić information content (AvgIpc) is 3.17. The van der Waals surface area contributed by atoms with Crippen molar-refractivity contribution < 1.29 is 9.53 Å². The lowest BCUT2D eigenvalue weighted by Crippen LogP contribution is -2.30. The molecule has 2 aromatic rings. The molecule has 0 unspecified atom stereocenters. The molecule has 1 saturated heterocycles. The number of hydrogen-bond acceptors (Lipinski definition) is 5. The molecule has 7 nitrogen and oxygen atoms in total. The summed E-state index contributed by atoms with van der Waals surface area (Å²) in [4.78, 5) is 16.0. The minimum atomic E-state index is -0.440. The average molecular weight is 360 g/mol. The number of rotatable bonds is 4. The Kier molecular flexibility index (Phi) is 7.44. The Balaban J connectivity index is 0.00000132. The third-order valence-electron chi connectivity index (χ3n) is 3.43. The van der Waals surface area contributed by atoms with Gasteiger partial charge in [-0.15, -0.1) is 24.8 Å². The molecule has 0 saturated carbocycles. The van der Waals surface area contributed by atoms with Crippen LogP contribution in [0.1, 0.15) is 12.8 Å². The maximum Gasteiger partial charge on any atom is 0.254 e. The van der Waals surface area contributed by atoms with Gasteiger partial charge in [-0.2, -0.15) is 5.10 Å². The van der Waals surface area contributed by atoms with E-state index in [1.54, 1.807) is 29.3 Å². The number of pyridine rings is 1. The molecule has 126 valence electrons. The number of nitrogens with two attached hydrogens (primary N) is 1. The fourth-order valence-electron chi connectivity index (χ4n) is 2.31. The van der Waals surface area contributed by atoms with Gasteiger partial charge < -0.3 is 15.8 Å². The number of aromatic nitrogens is 3. The van der Waals surface area contributed by atoms with Crippen LogP contribution in [-0.4, -0.2) is 39.4 Å². The largest absolute Gasteiger partial charge is 0.364 e. The lowest BCUT2D eigenvalue weighted by molar-refractivity contribution is -0.126. The fourth-order valence-corrected chi connectivity index (χ4v) is 2.31. The molecule has 0 radical (unpaired) electrons. The molecule has 2 atom stereocenters. The molecule has 0 aliphatic carbocycles. The first kappa shape index (κ1) is 19.4. The first-order valence-corrected chi connectivity index (χ1v) is 6.89. The summed E-state index contributed by atoms with van der Waals surface area (Å²) in [5.41, 5.74) is 6.42. The van der Waals surface area contributed by atoms with E-state index in [9.17, 15) is 4.79 Å². The van der Waals surface area contributed by atoms with Crippen molar-refractivity contribution in [3.8, 4) is 5.69 Å². The minimum absolute atomic E-state index is 0. The molecule has 2 aromatic heterocycles. The summed E-state index contributed by atoms with van der Waals surface area (Å²) < 4.78 is 7.23. The zero-order valence-electron chi connectivity index (χ0n) is 12.3. The quantitative estimate of drug-likeness (QED) is 0.863. The van der Waals surface area contributed by atoms with Gasteiger partial charge in [-0.1, -0.05) is 0 Å². The van der Waals surface area contributed by atoms with E-state index >= 15 is 0 Å². The van der Waals surface area contributed by atoms with Gasteiger partial charge in [-0.3, -0.25) is 9.78 Å². The van der Waals surface area contributed by atoms with Crippen LogP contribution in [0.3, 0.4) is 0 Å². The molecular weight excluding hydrogens is 341 g/mol. The van der Waals surface area contributed by atoms with E-state index in [1.165, 1.54) is 0 Å². The van der Waals surface area contributed by atoms with Crippen LogP contribution in [0.5, 0.6) is 0 Å². The predicted octanol–water partition coefficient (Wildman–Crippen LogP) is 1.56. The van der Waals surface area contributed by atoms with Crippen molar-refractivity contribution in [1.82, 2.24) is 14.8 Å². The van der Waals surface area contributed by atoms with Gasteiger partial charge in [-0.05, 0) is 25.0 Å². The smallest absolute Gasteiger partial charge is 0.254 e. The number of carbonyl (C=O) groups excluding carboxylic acids is 1. The molecule has 1 fully saturated rings. The number of halogens is 2. The van der Waals surface area contributed by atoms with Crippen molar-refractivity contribution >= 4 is 36.5 Å². The molecule has 1 aliphatic rings. The van der Waals surface area contributed by atoms with E-state index in [-0.39, 0.29) is 36.8 Å². The Hall–Kier alpha value is -1.67. The van der Waals surface area contributed by atoms with Crippen molar-refractivity contribution in [1.29, 1.82) is 0 Å². The third-order valence-corrected chi connectivity index (χ3v) is 3.43. The summed E-state index contributed by atoms with van der Waals surface area (Å²) in [5.74, 6) is 0.322. The number of nitrogens with one attached hydrogen (secondary N) is 1. The van der Waals surface area contributed by atoms with Crippen LogP contribution in [0.15, 0.2) is 36.8 Å². The maximum atomic E-state index is 12.1. The highest BCUT2D eigenvalue weighted by atomic mass is 35.5. The first-order valence-electron chi connectivity index (χ1n) is 6.89. The Morgan fingerprint density at radius 2 is 2.04 bits per heavy atom. The number of amides is 1. The molecule has 0 aromatic carbocycles. The van der Waals surface area contributed by atoms with E-state index < -0.39 is 6.10 Å². The van der Waals surface area contributed by atoms with Gasteiger partial charge in [0.1, 0.15) is 6.10 Å². The minimum Gasteiger partial charge on any atom is -0.364 e. The van der Waals surface area contributed by atoms with Crippen molar-refractivity contribution in [2.24, 2.45) is 5.73 Å². The van der Waals surface area contributed by atoms with Crippen molar-refractivity contribution in [2.75, 3.05) is 11.9 Å². The molecule has 23 heavy (non-hydrogen) atoms. The van der Waals surface area contributed by atoms with Gasteiger partial charge in [0.25, 0.3) is 5.91 Å². The molecule has 3 N–H and O–H groups in total. The van der Waals surface area contributed by atoms with E-state index in [4.69, 9.17) is 10.5 Å². The molecule has 9 heteroatoms. The Labute approximate surface area is 146 Å². The van der Waals surface area contributed by atoms with Crippen LogP contribution < -0.4 is 11.1 Å². The Bertz CT molecular complexity index is 623. The van der Waals surface area contributed by atoms with Crippen LogP contribution in [0.2, 0.25) is 0 Å². The fraction of sp³-hybridized carbons (Fsp3) is 0.357. The summed E-state index contributed by atoms with van der Waals surface area (Å²) in [6.45, 7) is 0.445. The monoisotopic (exact) mass is 359 g/mol. The van der Waals surface area contributed by atoms with E-state index in [2.05, 4.69) is 15.4 Å². The number of carbonyl (C=O) groups is 1. The third kappa shape index (κ3) is 4.65. The van der Waals surface area contributed by atoms with E-state index in [0.29, 0.717) is 18.8 Å². The number of ether oxygens (including phenoxy) is 1. The summed E-state index contributed by atoms with van der Waals surface area (Å²) in [6, 6.07) is 5.42. The number of anilines is 1. The van der Waals surface area contributed by atoms with E-state index in [0.717, 1.165) is 12.1 Å². The summed E-state index contributed by atoms with van der Waals surface area (Å²) in [7, 11) is 0. The van der Waals surface area contributed by atoms with Gasteiger partial charge in [0.15, 0.2) is 5.82 Å². The van der Waals surface area contributed by atoms with Crippen LogP contribution in [0.25, 0.3) is 5.69 Å². The zero-order chi connectivity index (χ0) is 14.7. The second-order valence-corrected chi connectivity index (χ2v) is 4.90. The number of hydrogen-bond donors (Lipinski definition) is 2. The molecule has 0 spiro atoms. The Morgan fingerprint density at radius 1 is 1.30 bits per heavy atom. The normalized spacial score (nSPS) is 19.5. The lowest BCUT2D eigenvalue weighted by atomic mass is 10.2.